The summed E-state index contributed by atoms with van der Waals surface area (Å²) >= 11 is 7.55. The first kappa shape index (κ1) is 22.0. The monoisotopic (exact) mass is 423 g/mol. The third-order valence-corrected chi connectivity index (χ3v) is 5.26. The van der Waals surface area contributed by atoms with Crippen LogP contribution in [0.25, 0.3) is 0 Å². The minimum atomic E-state index is -1.06. The number of thioether (sulfide) groups is 1. The van der Waals surface area contributed by atoms with Gasteiger partial charge in [-0.15, -0.1) is 11.8 Å². The Labute approximate surface area is 172 Å². The topological polar surface area (TPSA) is 85.5 Å². The Bertz CT molecular complexity index is 922. The van der Waals surface area contributed by atoms with Gasteiger partial charge < -0.3 is 14.5 Å². The SMILES string of the molecule is CCOC(=O)c1c(C)[nH]c(C(=O)[C@@H](C)OC(=O)c2cc(SC)ccc2Cl)c1C. The van der Waals surface area contributed by atoms with Crippen molar-refractivity contribution in [2.75, 3.05) is 12.9 Å². The zero-order valence-corrected chi connectivity index (χ0v) is 17.9. The van der Waals surface area contributed by atoms with Gasteiger partial charge >= 0.3 is 11.9 Å². The molecule has 8 heteroatoms. The van der Waals surface area contributed by atoms with Crippen LogP contribution in [0.2, 0.25) is 5.02 Å². The largest absolute Gasteiger partial charge is 0.462 e. The van der Waals surface area contributed by atoms with Crippen molar-refractivity contribution in [3.8, 4) is 0 Å². The number of aromatic nitrogens is 1. The average Bonchev–Trinajstić information content (AvgIpc) is 2.95. The predicted molar refractivity (Wildman–Crippen MR) is 109 cm³/mol. The first-order valence-corrected chi connectivity index (χ1v) is 10.3. The van der Waals surface area contributed by atoms with Gasteiger partial charge in [0.05, 0.1) is 28.5 Å². The summed E-state index contributed by atoms with van der Waals surface area (Å²) in [6, 6.07) is 5.02. The third-order valence-electron chi connectivity index (χ3n) is 4.21. The maximum atomic E-state index is 12.8. The highest BCUT2D eigenvalue weighted by Gasteiger charge is 2.28. The fourth-order valence-corrected chi connectivity index (χ4v) is 3.41. The van der Waals surface area contributed by atoms with E-state index in [9.17, 15) is 14.4 Å². The number of halogens is 1. The maximum absolute atomic E-state index is 12.8. The number of nitrogens with one attached hydrogen (secondary N) is 1. The van der Waals surface area contributed by atoms with E-state index in [0.717, 1.165) is 4.90 Å². The van der Waals surface area contributed by atoms with Gasteiger partial charge in [0, 0.05) is 10.6 Å². The molecule has 0 bridgehead atoms. The highest BCUT2D eigenvalue weighted by atomic mass is 35.5. The van der Waals surface area contributed by atoms with Crippen molar-refractivity contribution in [3.63, 3.8) is 0 Å². The minimum absolute atomic E-state index is 0.194. The number of benzene rings is 1. The molecule has 0 radical (unpaired) electrons. The number of H-pyrrole nitrogens is 1. The van der Waals surface area contributed by atoms with Crippen molar-refractivity contribution < 1.29 is 23.9 Å². The fourth-order valence-electron chi connectivity index (χ4n) is 2.77. The van der Waals surface area contributed by atoms with Gasteiger partial charge in [0.2, 0.25) is 5.78 Å². The Morgan fingerprint density at radius 2 is 1.89 bits per heavy atom. The van der Waals surface area contributed by atoms with Crippen LogP contribution >= 0.6 is 23.4 Å². The van der Waals surface area contributed by atoms with Gasteiger partial charge in [0.1, 0.15) is 0 Å². The number of hydrogen-bond acceptors (Lipinski definition) is 6. The molecule has 0 fully saturated rings. The number of ketones is 1. The zero-order valence-electron chi connectivity index (χ0n) is 16.3. The van der Waals surface area contributed by atoms with Gasteiger partial charge in [-0.1, -0.05) is 11.6 Å². The van der Waals surface area contributed by atoms with Crippen LogP contribution in [0.4, 0.5) is 0 Å². The summed E-state index contributed by atoms with van der Waals surface area (Å²) < 4.78 is 10.4. The molecule has 0 aliphatic heterocycles. The predicted octanol–water partition coefficient (Wildman–Crippen LogP) is 4.61. The van der Waals surface area contributed by atoms with Crippen LogP contribution in [0.3, 0.4) is 0 Å². The molecular weight excluding hydrogens is 402 g/mol. The lowest BCUT2D eigenvalue weighted by atomic mass is 10.1. The van der Waals surface area contributed by atoms with Crippen LogP contribution < -0.4 is 0 Å². The molecule has 150 valence electrons. The zero-order chi connectivity index (χ0) is 21.0. The lowest BCUT2D eigenvalue weighted by molar-refractivity contribution is 0.0316. The smallest absolute Gasteiger partial charge is 0.340 e. The number of ether oxygens (including phenoxy) is 2. The summed E-state index contributed by atoms with van der Waals surface area (Å²) in [4.78, 5) is 41.1. The van der Waals surface area contributed by atoms with E-state index in [1.54, 1.807) is 39.0 Å². The molecule has 0 aliphatic carbocycles. The van der Waals surface area contributed by atoms with Gasteiger partial charge in [0.15, 0.2) is 6.10 Å². The molecule has 1 aromatic carbocycles. The summed E-state index contributed by atoms with van der Waals surface area (Å²) in [5.74, 6) is -1.63. The second-order valence-corrected chi connectivity index (χ2v) is 7.39. The van der Waals surface area contributed by atoms with Crippen LogP contribution in [0.1, 0.15) is 56.3 Å². The number of carbonyl (C=O) groups excluding carboxylic acids is 3. The Kier molecular flexibility index (Phi) is 7.32. The molecule has 0 unspecified atom stereocenters. The van der Waals surface area contributed by atoms with Gasteiger partial charge in [-0.25, -0.2) is 9.59 Å². The van der Waals surface area contributed by atoms with Crippen LogP contribution in [-0.2, 0) is 9.47 Å². The molecular formula is C20H22ClNO5S. The Morgan fingerprint density at radius 1 is 1.21 bits per heavy atom. The third kappa shape index (κ3) is 4.59. The highest BCUT2D eigenvalue weighted by molar-refractivity contribution is 7.98. The van der Waals surface area contributed by atoms with E-state index in [4.69, 9.17) is 21.1 Å². The van der Waals surface area contributed by atoms with Crippen molar-refractivity contribution >= 4 is 41.1 Å². The van der Waals surface area contributed by atoms with Gasteiger partial charge in [0.25, 0.3) is 0 Å². The number of esters is 2. The number of Topliss-reactive ketones (excluding diaryl/α,β-unsaturated/α-hetero) is 1. The lowest BCUT2D eigenvalue weighted by Gasteiger charge is -2.13. The summed E-state index contributed by atoms with van der Waals surface area (Å²) in [5, 5.41) is 0.249. The molecule has 0 amide bonds. The molecule has 2 rings (SSSR count). The molecule has 1 aromatic heterocycles. The van der Waals surface area contributed by atoms with Crippen molar-refractivity contribution in [2.45, 2.75) is 38.7 Å². The second-order valence-electron chi connectivity index (χ2n) is 6.10. The molecule has 0 saturated heterocycles. The molecule has 1 atom stereocenters. The van der Waals surface area contributed by atoms with Crippen LogP contribution in [0, 0.1) is 13.8 Å². The van der Waals surface area contributed by atoms with E-state index in [-0.39, 0.29) is 22.9 Å². The summed E-state index contributed by atoms with van der Waals surface area (Å²) in [5.41, 5.74) is 1.71. The number of hydrogen-bond donors (Lipinski definition) is 1. The fraction of sp³-hybridized carbons (Fsp3) is 0.350. The Morgan fingerprint density at radius 3 is 2.50 bits per heavy atom. The van der Waals surface area contributed by atoms with Gasteiger partial charge in [-0.05, 0) is 57.7 Å². The Hall–Kier alpha value is -2.25. The molecule has 1 heterocycles. The normalized spacial score (nSPS) is 11.8. The molecule has 2 aromatic rings. The van der Waals surface area contributed by atoms with E-state index in [1.165, 1.54) is 18.7 Å². The van der Waals surface area contributed by atoms with E-state index < -0.39 is 23.8 Å². The minimum Gasteiger partial charge on any atom is -0.462 e. The first-order chi connectivity index (χ1) is 13.2. The summed E-state index contributed by atoms with van der Waals surface area (Å²) in [6.07, 6.45) is 0.815. The standard InChI is InChI=1S/C20H22ClNO5S/c1-6-26-20(25)16-10(2)17(22-11(16)3)18(23)12(4)27-19(24)14-9-13(28-5)7-8-15(14)21/h7-9,12,22H,6H2,1-5H3/t12-/m1/s1. The van der Waals surface area contributed by atoms with E-state index in [2.05, 4.69) is 4.98 Å². The Balaban J connectivity index is 2.23. The molecule has 1 N–H and O–H groups in total. The first-order valence-electron chi connectivity index (χ1n) is 8.66. The van der Waals surface area contributed by atoms with Crippen molar-refractivity contribution in [1.82, 2.24) is 4.98 Å². The number of carbonyl (C=O) groups is 3. The average molecular weight is 424 g/mol. The van der Waals surface area contributed by atoms with Crippen LogP contribution in [0.5, 0.6) is 0 Å². The summed E-state index contributed by atoms with van der Waals surface area (Å²) in [7, 11) is 0. The lowest BCUT2D eigenvalue weighted by Crippen LogP contribution is -2.25. The van der Waals surface area contributed by atoms with Crippen molar-refractivity contribution in [3.05, 3.63) is 51.3 Å². The second kappa shape index (κ2) is 9.30. The van der Waals surface area contributed by atoms with Crippen LogP contribution in [-0.4, -0.2) is 41.7 Å². The number of aromatic amines is 1. The molecule has 6 nitrogen and oxygen atoms in total. The van der Waals surface area contributed by atoms with Crippen LogP contribution in [0.15, 0.2) is 23.1 Å². The molecule has 0 aliphatic rings. The number of aryl methyl sites for hydroxylation is 1. The number of rotatable bonds is 7. The van der Waals surface area contributed by atoms with Gasteiger partial charge in [-0.2, -0.15) is 0 Å². The quantitative estimate of drug-likeness (QED) is 0.397. The summed E-state index contributed by atoms with van der Waals surface area (Å²) in [6.45, 7) is 6.75. The highest BCUT2D eigenvalue weighted by Crippen LogP contribution is 2.25. The maximum Gasteiger partial charge on any atom is 0.340 e. The van der Waals surface area contributed by atoms with Crippen molar-refractivity contribution in [1.29, 1.82) is 0 Å². The molecule has 0 saturated carbocycles. The van der Waals surface area contributed by atoms with E-state index in [0.29, 0.717) is 16.8 Å². The van der Waals surface area contributed by atoms with E-state index in [1.807, 2.05) is 6.26 Å². The van der Waals surface area contributed by atoms with Crippen molar-refractivity contribution in [2.24, 2.45) is 0 Å². The molecule has 0 spiro atoms. The van der Waals surface area contributed by atoms with E-state index >= 15 is 0 Å². The van der Waals surface area contributed by atoms with Gasteiger partial charge in [-0.3, -0.25) is 4.79 Å². The molecule has 28 heavy (non-hydrogen) atoms.